The summed E-state index contributed by atoms with van der Waals surface area (Å²) in [4.78, 5) is 0. The molecular formula is C62H74O4. The Bertz CT molecular complexity index is 2100. The van der Waals surface area contributed by atoms with E-state index in [0.717, 1.165) is 91.4 Å². The van der Waals surface area contributed by atoms with Gasteiger partial charge in [0.1, 0.15) is 0 Å². The molecule has 0 saturated carbocycles. The first-order valence-corrected chi connectivity index (χ1v) is 25.3. The van der Waals surface area contributed by atoms with E-state index in [1.807, 2.05) is 0 Å². The van der Waals surface area contributed by atoms with E-state index in [1.54, 1.807) is 0 Å². The molecule has 2 heterocycles. The lowest BCUT2D eigenvalue weighted by atomic mass is 9.83. The average Bonchev–Trinajstić information content (AvgIpc) is 3.34. The first-order valence-electron chi connectivity index (χ1n) is 25.3. The van der Waals surface area contributed by atoms with Crippen molar-refractivity contribution < 1.29 is 18.9 Å². The van der Waals surface area contributed by atoms with Gasteiger partial charge in [0.05, 0.1) is 39.6 Å². The molecule has 346 valence electrons. The van der Waals surface area contributed by atoms with E-state index in [4.69, 9.17) is 18.9 Å². The van der Waals surface area contributed by atoms with Gasteiger partial charge < -0.3 is 18.9 Å². The van der Waals surface area contributed by atoms with Crippen molar-refractivity contribution in [2.75, 3.05) is 52.9 Å². The normalized spacial score (nSPS) is 16.0. The second-order valence-corrected chi connectivity index (χ2v) is 19.5. The molecule has 0 bridgehead atoms. The van der Waals surface area contributed by atoms with Crippen molar-refractivity contribution in [1.82, 2.24) is 0 Å². The van der Waals surface area contributed by atoms with Gasteiger partial charge in [0.25, 0.3) is 0 Å². The SMILES string of the molecule is CCC1(COCCCCCCc2ccc(C(c3ccccc3)c3ccc(-c4ccc(C(c5ccccc5)c5ccc(CCCCCCOCC6(CC)COC6)cc5)cc4)cc3)cc2)COC1. The van der Waals surface area contributed by atoms with E-state index in [9.17, 15) is 0 Å². The van der Waals surface area contributed by atoms with Gasteiger partial charge in [0.2, 0.25) is 0 Å². The van der Waals surface area contributed by atoms with Crippen molar-refractivity contribution >= 4 is 0 Å². The van der Waals surface area contributed by atoms with E-state index in [0.29, 0.717) is 0 Å². The highest BCUT2D eigenvalue weighted by atomic mass is 16.5. The van der Waals surface area contributed by atoms with Gasteiger partial charge >= 0.3 is 0 Å². The Hall–Kier alpha value is -4.84. The molecule has 66 heavy (non-hydrogen) atoms. The number of aryl methyl sites for hydroxylation is 2. The van der Waals surface area contributed by atoms with Gasteiger partial charge in [-0.1, -0.05) is 197 Å². The molecule has 0 N–H and O–H groups in total. The Labute approximate surface area is 397 Å². The summed E-state index contributed by atoms with van der Waals surface area (Å²) in [6, 6.07) is 59.3. The molecule has 0 radical (unpaired) electrons. The molecule has 0 aliphatic carbocycles. The van der Waals surface area contributed by atoms with E-state index >= 15 is 0 Å². The Morgan fingerprint density at radius 3 is 1.02 bits per heavy atom. The van der Waals surface area contributed by atoms with Crippen molar-refractivity contribution in [2.24, 2.45) is 10.8 Å². The first kappa shape index (κ1) is 47.6. The molecule has 0 spiro atoms. The number of hydrogen-bond donors (Lipinski definition) is 0. The number of rotatable bonds is 27. The largest absolute Gasteiger partial charge is 0.381 e. The fourth-order valence-electron chi connectivity index (χ4n) is 9.85. The van der Waals surface area contributed by atoms with E-state index in [-0.39, 0.29) is 22.7 Å². The number of ether oxygens (including phenoxy) is 4. The van der Waals surface area contributed by atoms with Gasteiger partial charge in [-0.3, -0.25) is 0 Å². The van der Waals surface area contributed by atoms with Gasteiger partial charge in [-0.25, -0.2) is 0 Å². The van der Waals surface area contributed by atoms with E-state index in [1.165, 1.54) is 94.2 Å². The van der Waals surface area contributed by atoms with Crippen LogP contribution in [0, 0.1) is 10.8 Å². The summed E-state index contributed by atoms with van der Waals surface area (Å²) in [6.07, 6.45) is 14.2. The van der Waals surface area contributed by atoms with Gasteiger partial charge in [-0.15, -0.1) is 0 Å². The zero-order chi connectivity index (χ0) is 45.3. The van der Waals surface area contributed by atoms with Crippen LogP contribution >= 0.6 is 0 Å². The van der Waals surface area contributed by atoms with Crippen molar-refractivity contribution in [1.29, 1.82) is 0 Å². The van der Waals surface area contributed by atoms with Crippen molar-refractivity contribution in [3.63, 3.8) is 0 Å². The molecule has 0 amide bonds. The number of unbranched alkanes of at least 4 members (excludes halogenated alkanes) is 6. The lowest BCUT2D eigenvalue weighted by molar-refractivity contribution is -0.150. The summed E-state index contributed by atoms with van der Waals surface area (Å²) in [5, 5.41) is 0. The first-order chi connectivity index (χ1) is 32.6. The fraction of sp³-hybridized carbons (Fsp3) is 0.419. The molecular weight excluding hydrogens is 809 g/mol. The maximum absolute atomic E-state index is 6.02. The average molecular weight is 883 g/mol. The van der Waals surface area contributed by atoms with E-state index < -0.39 is 0 Å². The molecule has 4 heteroatoms. The second kappa shape index (κ2) is 24.3. The van der Waals surface area contributed by atoms with Crippen LogP contribution < -0.4 is 0 Å². The second-order valence-electron chi connectivity index (χ2n) is 19.5. The summed E-state index contributed by atoms with van der Waals surface area (Å²) in [5.74, 6) is 0.341. The minimum absolute atomic E-state index is 0.171. The molecule has 6 aromatic rings. The maximum atomic E-state index is 6.02. The van der Waals surface area contributed by atoms with Gasteiger partial charge in [0, 0.05) is 35.9 Å². The molecule has 2 aliphatic heterocycles. The molecule has 8 rings (SSSR count). The monoisotopic (exact) mass is 883 g/mol. The van der Waals surface area contributed by atoms with Gasteiger partial charge in [-0.05, 0) is 107 Å². The van der Waals surface area contributed by atoms with Crippen LogP contribution in [0.3, 0.4) is 0 Å². The number of benzene rings is 6. The molecule has 0 aromatic heterocycles. The fourth-order valence-corrected chi connectivity index (χ4v) is 9.85. The van der Waals surface area contributed by atoms with E-state index in [2.05, 4.69) is 172 Å². The predicted molar refractivity (Wildman–Crippen MR) is 273 cm³/mol. The highest BCUT2D eigenvalue weighted by molar-refractivity contribution is 5.65. The van der Waals surface area contributed by atoms with Crippen LogP contribution in [-0.4, -0.2) is 52.9 Å². The lowest BCUT2D eigenvalue weighted by Gasteiger charge is -2.40. The molecule has 2 unspecified atom stereocenters. The van der Waals surface area contributed by atoms with Crippen LogP contribution in [-0.2, 0) is 31.8 Å². The third kappa shape index (κ3) is 12.8. The van der Waals surface area contributed by atoms with Crippen LogP contribution in [0.4, 0.5) is 0 Å². The predicted octanol–water partition coefficient (Wildman–Crippen LogP) is 14.8. The summed E-state index contributed by atoms with van der Waals surface area (Å²) in [6.45, 7) is 11.4. The van der Waals surface area contributed by atoms with Gasteiger partial charge in [0.15, 0.2) is 0 Å². The van der Waals surface area contributed by atoms with Gasteiger partial charge in [-0.2, -0.15) is 0 Å². The third-order valence-corrected chi connectivity index (χ3v) is 14.7. The molecule has 4 nitrogen and oxygen atoms in total. The minimum atomic E-state index is 0.171. The zero-order valence-electron chi connectivity index (χ0n) is 39.9. The molecule has 2 fully saturated rings. The smallest absolute Gasteiger partial charge is 0.0566 e. The summed E-state index contributed by atoms with van der Waals surface area (Å²) < 4.78 is 22.9. The quantitative estimate of drug-likeness (QED) is 0.0381. The highest BCUT2D eigenvalue weighted by Gasteiger charge is 2.37. The summed E-state index contributed by atoms with van der Waals surface area (Å²) >= 11 is 0. The molecule has 2 saturated heterocycles. The Morgan fingerprint density at radius 2 is 0.697 bits per heavy atom. The summed E-state index contributed by atoms with van der Waals surface area (Å²) in [7, 11) is 0. The minimum Gasteiger partial charge on any atom is -0.381 e. The van der Waals surface area contributed by atoms with Crippen molar-refractivity contribution in [2.45, 2.75) is 103 Å². The zero-order valence-corrected chi connectivity index (χ0v) is 39.9. The molecule has 6 aromatic carbocycles. The standard InChI is InChI=1S/C62H74O4/c1-3-61(45-65-46-61)43-63-41-17-7-5-11-19-49-25-29-55(30-26-49)59(53-21-13-9-14-22-53)57-37-33-51(34-38-57)52-35-39-58(40-36-52)60(54-23-15-10-16-24-54)56-31-27-50(28-32-56)20-12-6-8-18-42-64-44-62(4-2)47-66-48-62/h9-10,13-16,21-40,59-60H,3-8,11-12,17-20,41-48H2,1-2H3. The van der Waals surface area contributed by atoms with Crippen molar-refractivity contribution in [3.05, 3.63) is 202 Å². The third-order valence-electron chi connectivity index (χ3n) is 14.7. The maximum Gasteiger partial charge on any atom is 0.0566 e. The van der Waals surface area contributed by atoms with Crippen LogP contribution in [0.5, 0.6) is 0 Å². The lowest BCUT2D eigenvalue weighted by Crippen LogP contribution is -2.45. The van der Waals surface area contributed by atoms with Crippen molar-refractivity contribution in [3.8, 4) is 11.1 Å². The molecule has 2 aliphatic rings. The summed E-state index contributed by atoms with van der Waals surface area (Å²) in [5.41, 5.74) is 13.8. The van der Waals surface area contributed by atoms with Crippen LogP contribution in [0.25, 0.3) is 11.1 Å². The Kier molecular flexibility index (Phi) is 17.5. The Morgan fingerprint density at radius 1 is 0.379 bits per heavy atom. The van der Waals surface area contributed by atoms with Crippen LogP contribution in [0.15, 0.2) is 158 Å². The van der Waals surface area contributed by atoms with Crippen LogP contribution in [0.1, 0.15) is 134 Å². The van der Waals surface area contributed by atoms with Crippen LogP contribution in [0.2, 0.25) is 0 Å². The number of hydrogen-bond acceptors (Lipinski definition) is 4. The Balaban J connectivity index is 0.849. The topological polar surface area (TPSA) is 36.9 Å². The highest BCUT2D eigenvalue weighted by Crippen LogP contribution is 2.37. The molecule has 2 atom stereocenters.